The molecule has 0 N–H and O–H groups in total. The van der Waals surface area contributed by atoms with Gasteiger partial charge in [-0.05, 0) is 25.0 Å². The lowest BCUT2D eigenvalue weighted by Crippen LogP contribution is -2.42. The summed E-state index contributed by atoms with van der Waals surface area (Å²) in [6.07, 6.45) is -5.67. The second kappa shape index (κ2) is 14.4. The summed E-state index contributed by atoms with van der Waals surface area (Å²) >= 11 is 0. The average Bonchev–Trinajstić information content (AvgIpc) is 3.26. The molecule has 1 aliphatic heterocycles. The van der Waals surface area contributed by atoms with Crippen molar-refractivity contribution in [2.45, 2.75) is 64.3 Å². The van der Waals surface area contributed by atoms with Crippen molar-refractivity contribution in [1.82, 2.24) is 0 Å². The topological polar surface area (TPSA) is 114 Å². The van der Waals surface area contributed by atoms with Crippen LogP contribution in [-0.2, 0) is 56.1 Å². The van der Waals surface area contributed by atoms with E-state index in [1.807, 2.05) is 60.7 Å². The number of carbonyl (C=O) groups is 4. The van der Waals surface area contributed by atoms with Crippen LogP contribution in [0.4, 0.5) is 0 Å². The van der Waals surface area contributed by atoms with Crippen molar-refractivity contribution in [2.24, 2.45) is 0 Å². The summed E-state index contributed by atoms with van der Waals surface area (Å²) in [5.41, 5.74) is 1.67. The van der Waals surface area contributed by atoms with Gasteiger partial charge >= 0.3 is 11.9 Å². The molecule has 9 heteroatoms. The van der Waals surface area contributed by atoms with E-state index >= 15 is 0 Å². The Morgan fingerprint density at radius 3 is 1.38 bits per heavy atom. The standard InChI is InChI=1S/C28H32O9/c1-3-33-23(31)15-21(29)25-27(35-17-19-11-7-5-8-12-19)28(36-18-20-13-9-6-10-14-20)26(37-25)22(30)16-24(32)34-4-2/h5-14,25-28H,3-4,15-18H2,1-2H3/t25-,26-,27-,28-/m1/s1. The van der Waals surface area contributed by atoms with Crippen LogP contribution in [-0.4, -0.2) is 61.1 Å². The van der Waals surface area contributed by atoms with E-state index in [0.29, 0.717) is 0 Å². The molecule has 0 spiro atoms. The third-order valence-corrected chi connectivity index (χ3v) is 5.67. The zero-order valence-corrected chi connectivity index (χ0v) is 21.0. The monoisotopic (exact) mass is 512 g/mol. The zero-order chi connectivity index (χ0) is 26.6. The van der Waals surface area contributed by atoms with Gasteiger partial charge in [0.15, 0.2) is 11.6 Å². The molecule has 0 bridgehead atoms. The Morgan fingerprint density at radius 1 is 0.649 bits per heavy atom. The minimum absolute atomic E-state index is 0.113. The lowest BCUT2D eigenvalue weighted by molar-refractivity contribution is -0.151. The van der Waals surface area contributed by atoms with Gasteiger partial charge in [-0.15, -0.1) is 0 Å². The van der Waals surface area contributed by atoms with Crippen LogP contribution in [0.3, 0.4) is 0 Å². The third-order valence-electron chi connectivity index (χ3n) is 5.67. The lowest BCUT2D eigenvalue weighted by Gasteiger charge is -2.24. The first-order valence-electron chi connectivity index (χ1n) is 12.3. The Hall–Kier alpha value is -3.40. The molecule has 2 aromatic carbocycles. The van der Waals surface area contributed by atoms with Gasteiger partial charge in [-0.2, -0.15) is 0 Å². The van der Waals surface area contributed by atoms with Crippen LogP contribution >= 0.6 is 0 Å². The molecule has 1 saturated heterocycles. The highest BCUT2D eigenvalue weighted by Gasteiger charge is 2.52. The van der Waals surface area contributed by atoms with Crippen molar-refractivity contribution in [3.05, 3.63) is 71.8 Å². The van der Waals surface area contributed by atoms with Crippen LogP contribution < -0.4 is 0 Å². The van der Waals surface area contributed by atoms with Gasteiger partial charge in [0.2, 0.25) is 0 Å². The summed E-state index contributed by atoms with van der Waals surface area (Å²) in [4.78, 5) is 50.2. The Labute approximate surface area is 216 Å². The molecule has 9 nitrogen and oxygen atoms in total. The Bertz CT molecular complexity index is 955. The highest BCUT2D eigenvalue weighted by atomic mass is 16.6. The maximum Gasteiger partial charge on any atom is 0.313 e. The predicted molar refractivity (Wildman–Crippen MR) is 131 cm³/mol. The highest BCUT2D eigenvalue weighted by molar-refractivity contribution is 6.01. The number of rotatable bonds is 14. The van der Waals surface area contributed by atoms with Crippen LogP contribution in [0.15, 0.2) is 60.7 Å². The fraction of sp³-hybridized carbons (Fsp3) is 0.429. The van der Waals surface area contributed by atoms with Gasteiger partial charge in [0, 0.05) is 0 Å². The molecular weight excluding hydrogens is 480 g/mol. The minimum atomic E-state index is -1.27. The Kier molecular flexibility index (Phi) is 10.9. The number of benzene rings is 2. The van der Waals surface area contributed by atoms with E-state index in [9.17, 15) is 19.2 Å². The summed E-state index contributed by atoms with van der Waals surface area (Å²) < 4.78 is 27.9. The second-order valence-electron chi connectivity index (χ2n) is 8.40. The highest BCUT2D eigenvalue weighted by Crippen LogP contribution is 2.31. The van der Waals surface area contributed by atoms with E-state index in [0.717, 1.165) is 11.1 Å². The molecule has 0 aliphatic carbocycles. The molecule has 3 rings (SSSR count). The van der Waals surface area contributed by atoms with E-state index in [1.54, 1.807) is 13.8 Å². The van der Waals surface area contributed by atoms with Gasteiger partial charge in [0.25, 0.3) is 0 Å². The van der Waals surface area contributed by atoms with E-state index < -0.39 is 60.8 Å². The van der Waals surface area contributed by atoms with Gasteiger partial charge < -0.3 is 23.7 Å². The molecule has 37 heavy (non-hydrogen) atoms. The second-order valence-corrected chi connectivity index (χ2v) is 8.40. The number of Topliss-reactive ketones (excluding diaryl/α,β-unsaturated/α-hetero) is 2. The van der Waals surface area contributed by atoms with Crippen molar-refractivity contribution in [1.29, 1.82) is 0 Å². The fourth-order valence-electron chi connectivity index (χ4n) is 3.98. The number of hydrogen-bond donors (Lipinski definition) is 0. The normalized spacial score (nSPS) is 20.8. The first kappa shape index (κ1) is 28.2. The number of ether oxygens (including phenoxy) is 5. The maximum absolute atomic E-state index is 13.1. The van der Waals surface area contributed by atoms with Crippen molar-refractivity contribution in [2.75, 3.05) is 13.2 Å². The SMILES string of the molecule is CCOC(=O)CC(=O)[C@H]1O[C@H](C(=O)CC(=O)OCC)[C@@H](OCc2ccccc2)[C@@H]1OCc1ccccc1. The first-order chi connectivity index (χ1) is 17.9. The molecule has 0 radical (unpaired) electrons. The number of ketones is 2. The zero-order valence-electron chi connectivity index (χ0n) is 21.0. The van der Waals surface area contributed by atoms with E-state index in [1.165, 1.54) is 0 Å². The minimum Gasteiger partial charge on any atom is -0.466 e. The molecule has 0 aromatic heterocycles. The molecule has 4 atom stereocenters. The van der Waals surface area contributed by atoms with Crippen LogP contribution in [0, 0.1) is 0 Å². The van der Waals surface area contributed by atoms with Crippen molar-refractivity contribution < 1.29 is 42.9 Å². The Balaban J connectivity index is 1.87. The fourth-order valence-corrected chi connectivity index (χ4v) is 3.98. The van der Waals surface area contributed by atoms with Gasteiger partial charge in [-0.3, -0.25) is 19.2 Å². The van der Waals surface area contributed by atoms with E-state index in [4.69, 9.17) is 23.7 Å². The largest absolute Gasteiger partial charge is 0.466 e. The van der Waals surface area contributed by atoms with Gasteiger partial charge in [0.05, 0.1) is 26.4 Å². The van der Waals surface area contributed by atoms with Crippen LogP contribution in [0.1, 0.15) is 37.8 Å². The molecule has 0 unspecified atom stereocenters. The van der Waals surface area contributed by atoms with Crippen LogP contribution in [0.25, 0.3) is 0 Å². The number of hydrogen-bond acceptors (Lipinski definition) is 9. The van der Waals surface area contributed by atoms with Crippen LogP contribution in [0.2, 0.25) is 0 Å². The average molecular weight is 513 g/mol. The quantitative estimate of drug-likeness (QED) is 0.278. The molecule has 198 valence electrons. The summed E-state index contributed by atoms with van der Waals surface area (Å²) in [5.74, 6) is -2.62. The summed E-state index contributed by atoms with van der Waals surface area (Å²) in [7, 11) is 0. The van der Waals surface area contributed by atoms with Gasteiger partial charge in [0.1, 0.15) is 37.3 Å². The maximum atomic E-state index is 13.1. The summed E-state index contributed by atoms with van der Waals surface area (Å²) in [6.45, 7) is 3.74. The van der Waals surface area contributed by atoms with E-state index in [2.05, 4.69) is 0 Å². The third kappa shape index (κ3) is 8.31. The summed E-state index contributed by atoms with van der Waals surface area (Å²) in [5, 5.41) is 0. The molecule has 1 fully saturated rings. The molecule has 1 aliphatic rings. The van der Waals surface area contributed by atoms with E-state index in [-0.39, 0.29) is 26.4 Å². The van der Waals surface area contributed by atoms with Crippen molar-refractivity contribution >= 4 is 23.5 Å². The molecule has 2 aromatic rings. The predicted octanol–water partition coefficient (Wildman–Crippen LogP) is 2.97. The smallest absolute Gasteiger partial charge is 0.313 e. The van der Waals surface area contributed by atoms with Gasteiger partial charge in [-0.25, -0.2) is 0 Å². The number of esters is 2. The number of carbonyl (C=O) groups excluding carboxylic acids is 4. The molecule has 1 heterocycles. The van der Waals surface area contributed by atoms with Crippen molar-refractivity contribution in [3.63, 3.8) is 0 Å². The summed E-state index contributed by atoms with van der Waals surface area (Å²) in [6, 6.07) is 18.6. The van der Waals surface area contributed by atoms with Crippen LogP contribution in [0.5, 0.6) is 0 Å². The molecular formula is C28H32O9. The van der Waals surface area contributed by atoms with Gasteiger partial charge in [-0.1, -0.05) is 60.7 Å². The first-order valence-corrected chi connectivity index (χ1v) is 12.3. The molecule has 0 saturated carbocycles. The lowest BCUT2D eigenvalue weighted by atomic mass is 9.99. The Morgan fingerprint density at radius 2 is 1.03 bits per heavy atom. The van der Waals surface area contributed by atoms with Crippen molar-refractivity contribution in [3.8, 4) is 0 Å². The molecule has 0 amide bonds.